The number of ether oxygens (including phenoxy) is 1. The lowest BCUT2D eigenvalue weighted by molar-refractivity contribution is 0.0208. The molecule has 1 spiro atoms. The molecule has 0 aromatic heterocycles. The maximum Gasteiger partial charge on any atom is 0.317 e. The van der Waals surface area contributed by atoms with Crippen LogP contribution in [0.25, 0.3) is 0 Å². The van der Waals surface area contributed by atoms with Gasteiger partial charge in [0.05, 0.1) is 6.04 Å². The Bertz CT molecular complexity index is 590. The van der Waals surface area contributed by atoms with Gasteiger partial charge < -0.3 is 15.0 Å². The lowest BCUT2D eigenvalue weighted by Gasteiger charge is -2.33. The Labute approximate surface area is 140 Å². The second-order valence-electron chi connectivity index (χ2n) is 6.62. The number of hydrogen-bond donors (Lipinski definition) is 1. The quantitative estimate of drug-likeness (QED) is 0.890. The molecule has 2 amide bonds. The second kappa shape index (κ2) is 6.65. The topological polar surface area (TPSA) is 41.6 Å². The smallest absolute Gasteiger partial charge is 0.317 e. The minimum Gasteiger partial charge on any atom is -0.381 e. The van der Waals surface area contributed by atoms with Crippen molar-refractivity contribution in [3.8, 4) is 0 Å². The Morgan fingerprint density at radius 1 is 1.39 bits per heavy atom. The molecular formula is C17H22ClFN2O2. The number of urea groups is 1. The van der Waals surface area contributed by atoms with Gasteiger partial charge in [0.15, 0.2) is 0 Å². The van der Waals surface area contributed by atoms with Crippen molar-refractivity contribution >= 4 is 17.6 Å². The number of nitrogens with zero attached hydrogens (tertiary/aromatic N) is 1. The summed E-state index contributed by atoms with van der Waals surface area (Å²) in [6, 6.07) is 3.90. The van der Waals surface area contributed by atoms with Gasteiger partial charge >= 0.3 is 6.03 Å². The van der Waals surface area contributed by atoms with Gasteiger partial charge in [0.25, 0.3) is 0 Å². The van der Waals surface area contributed by atoms with Gasteiger partial charge in [0.2, 0.25) is 0 Å². The van der Waals surface area contributed by atoms with Gasteiger partial charge in [-0.1, -0.05) is 17.7 Å². The Balaban J connectivity index is 1.61. The molecule has 0 unspecified atom stereocenters. The van der Waals surface area contributed by atoms with Crippen LogP contribution in [0.2, 0.25) is 5.02 Å². The zero-order valence-electron chi connectivity index (χ0n) is 13.3. The summed E-state index contributed by atoms with van der Waals surface area (Å²) in [7, 11) is 0. The van der Waals surface area contributed by atoms with E-state index >= 15 is 0 Å². The van der Waals surface area contributed by atoms with E-state index in [2.05, 4.69) is 5.32 Å². The predicted octanol–water partition coefficient (Wildman–Crippen LogP) is 3.75. The fourth-order valence-corrected chi connectivity index (χ4v) is 3.86. The van der Waals surface area contributed by atoms with Crippen molar-refractivity contribution in [2.45, 2.75) is 32.2 Å². The van der Waals surface area contributed by atoms with Gasteiger partial charge in [-0.25, -0.2) is 9.18 Å². The molecule has 0 radical (unpaired) electrons. The average Bonchev–Trinajstić information content (AvgIpc) is 2.91. The molecule has 2 aliphatic heterocycles. The number of hydrogen-bond acceptors (Lipinski definition) is 2. The highest BCUT2D eigenvalue weighted by Crippen LogP contribution is 2.39. The number of carbonyl (C=O) groups is 1. The summed E-state index contributed by atoms with van der Waals surface area (Å²) in [5.41, 5.74) is 0.952. The Morgan fingerprint density at radius 2 is 2.13 bits per heavy atom. The van der Waals surface area contributed by atoms with Gasteiger partial charge in [-0.3, -0.25) is 0 Å². The first kappa shape index (κ1) is 16.5. The molecule has 1 aromatic rings. The van der Waals surface area contributed by atoms with E-state index in [1.165, 1.54) is 12.1 Å². The normalized spacial score (nSPS) is 21.4. The molecule has 1 N–H and O–H groups in total. The molecule has 2 heterocycles. The van der Waals surface area contributed by atoms with Crippen LogP contribution in [0.4, 0.5) is 9.18 Å². The van der Waals surface area contributed by atoms with E-state index in [1.54, 1.807) is 6.07 Å². The average molecular weight is 341 g/mol. The van der Waals surface area contributed by atoms with Crippen molar-refractivity contribution in [2.24, 2.45) is 5.41 Å². The minimum absolute atomic E-state index is 0.0822. The Kier molecular flexibility index (Phi) is 4.78. The molecule has 3 rings (SSSR count). The second-order valence-corrected chi connectivity index (χ2v) is 7.03. The van der Waals surface area contributed by atoms with E-state index in [0.29, 0.717) is 5.02 Å². The molecule has 2 aliphatic rings. The van der Waals surface area contributed by atoms with Gasteiger partial charge in [0.1, 0.15) is 5.82 Å². The van der Waals surface area contributed by atoms with Crippen molar-refractivity contribution < 1.29 is 13.9 Å². The SMILES string of the molecule is C[C@@H](NC(=O)N1CCC2(CCOCC2)C1)c1ccc(F)cc1Cl. The largest absolute Gasteiger partial charge is 0.381 e. The van der Waals surface area contributed by atoms with E-state index in [1.807, 2.05) is 11.8 Å². The molecule has 0 aliphatic carbocycles. The predicted molar refractivity (Wildman–Crippen MR) is 87.0 cm³/mol. The molecule has 0 saturated carbocycles. The third-order valence-electron chi connectivity index (χ3n) is 5.05. The number of benzene rings is 1. The molecule has 1 atom stereocenters. The molecule has 1 aromatic carbocycles. The number of carbonyl (C=O) groups excluding carboxylic acids is 1. The molecule has 0 bridgehead atoms. The number of amides is 2. The van der Waals surface area contributed by atoms with Crippen LogP contribution >= 0.6 is 11.6 Å². The maximum absolute atomic E-state index is 13.1. The summed E-state index contributed by atoms with van der Waals surface area (Å²) in [6.45, 7) is 4.99. The van der Waals surface area contributed by atoms with Crippen LogP contribution in [-0.4, -0.2) is 37.2 Å². The van der Waals surface area contributed by atoms with Gasteiger partial charge in [0, 0.05) is 31.3 Å². The van der Waals surface area contributed by atoms with Crippen molar-refractivity contribution in [3.63, 3.8) is 0 Å². The molecule has 4 nitrogen and oxygen atoms in total. The number of nitrogens with one attached hydrogen (secondary N) is 1. The molecule has 23 heavy (non-hydrogen) atoms. The summed E-state index contributed by atoms with van der Waals surface area (Å²) in [6.07, 6.45) is 3.09. The molecule has 6 heteroatoms. The highest BCUT2D eigenvalue weighted by Gasteiger charge is 2.41. The number of halogens is 2. The van der Waals surface area contributed by atoms with E-state index in [9.17, 15) is 9.18 Å². The van der Waals surface area contributed by atoms with Crippen LogP contribution in [-0.2, 0) is 4.74 Å². The van der Waals surface area contributed by atoms with Gasteiger partial charge in [-0.05, 0) is 49.3 Å². The van der Waals surface area contributed by atoms with Crippen molar-refractivity contribution in [1.29, 1.82) is 0 Å². The summed E-state index contributed by atoms with van der Waals surface area (Å²) in [5, 5.41) is 3.30. The summed E-state index contributed by atoms with van der Waals surface area (Å²) >= 11 is 6.07. The first-order valence-corrected chi connectivity index (χ1v) is 8.45. The van der Waals surface area contributed by atoms with E-state index < -0.39 is 0 Å². The standard InChI is InChI=1S/C17H22ClFN2O2/c1-12(14-3-2-13(19)10-15(14)18)20-16(22)21-7-4-17(11-21)5-8-23-9-6-17/h2-3,10,12H,4-9,11H2,1H3,(H,20,22)/t12-/m1/s1. The van der Waals surface area contributed by atoms with Crippen LogP contribution in [0.3, 0.4) is 0 Å². The van der Waals surface area contributed by atoms with E-state index in [0.717, 1.165) is 51.1 Å². The summed E-state index contributed by atoms with van der Waals surface area (Å²) < 4.78 is 18.6. The molecule has 2 fully saturated rings. The highest BCUT2D eigenvalue weighted by atomic mass is 35.5. The molecule has 2 saturated heterocycles. The van der Waals surface area contributed by atoms with E-state index in [4.69, 9.17) is 16.3 Å². The van der Waals surface area contributed by atoms with Crippen LogP contribution in [0.5, 0.6) is 0 Å². The van der Waals surface area contributed by atoms with E-state index in [-0.39, 0.29) is 23.3 Å². The lowest BCUT2D eigenvalue weighted by Crippen LogP contribution is -2.42. The molecule has 126 valence electrons. The summed E-state index contributed by atoms with van der Waals surface area (Å²) in [4.78, 5) is 14.4. The van der Waals surface area contributed by atoms with Crippen LogP contribution < -0.4 is 5.32 Å². The number of rotatable bonds is 2. The zero-order chi connectivity index (χ0) is 16.4. The highest BCUT2D eigenvalue weighted by molar-refractivity contribution is 6.31. The lowest BCUT2D eigenvalue weighted by atomic mass is 9.80. The Morgan fingerprint density at radius 3 is 2.83 bits per heavy atom. The Hall–Kier alpha value is -1.33. The van der Waals surface area contributed by atoms with Crippen molar-refractivity contribution in [1.82, 2.24) is 10.2 Å². The fourth-order valence-electron chi connectivity index (χ4n) is 3.53. The van der Waals surface area contributed by atoms with Crippen LogP contribution in [0, 0.1) is 11.2 Å². The minimum atomic E-state index is -0.377. The third-order valence-corrected chi connectivity index (χ3v) is 5.38. The van der Waals surface area contributed by atoms with Crippen LogP contribution in [0.15, 0.2) is 18.2 Å². The third kappa shape index (κ3) is 3.61. The first-order valence-electron chi connectivity index (χ1n) is 8.07. The molecular weight excluding hydrogens is 319 g/mol. The zero-order valence-corrected chi connectivity index (χ0v) is 14.0. The monoisotopic (exact) mass is 340 g/mol. The first-order chi connectivity index (χ1) is 11.0. The number of likely N-dealkylation sites (tertiary alicyclic amines) is 1. The summed E-state index contributed by atoms with van der Waals surface area (Å²) in [5.74, 6) is -0.377. The van der Waals surface area contributed by atoms with Crippen molar-refractivity contribution in [3.05, 3.63) is 34.6 Å². The van der Waals surface area contributed by atoms with Gasteiger partial charge in [-0.2, -0.15) is 0 Å². The van der Waals surface area contributed by atoms with Gasteiger partial charge in [-0.15, -0.1) is 0 Å². The maximum atomic E-state index is 13.1. The van der Waals surface area contributed by atoms with Crippen molar-refractivity contribution in [2.75, 3.05) is 26.3 Å². The fraction of sp³-hybridized carbons (Fsp3) is 0.588. The van der Waals surface area contributed by atoms with Crippen LogP contribution in [0.1, 0.15) is 37.8 Å².